The standard InChI is InChI=1S/C11H15BrFNO2/c1-11(2,14)8-6(12)5-7(15-3)10(16-4)9(8)13/h5H,14H2,1-4H3. The molecule has 1 aromatic rings. The van der Waals surface area contributed by atoms with Gasteiger partial charge in [0.1, 0.15) is 0 Å². The number of benzene rings is 1. The van der Waals surface area contributed by atoms with E-state index in [9.17, 15) is 4.39 Å². The van der Waals surface area contributed by atoms with Gasteiger partial charge in [0.25, 0.3) is 0 Å². The van der Waals surface area contributed by atoms with Crippen molar-refractivity contribution < 1.29 is 13.9 Å². The minimum absolute atomic E-state index is 0.0687. The topological polar surface area (TPSA) is 44.5 Å². The third kappa shape index (κ3) is 2.30. The summed E-state index contributed by atoms with van der Waals surface area (Å²) >= 11 is 3.28. The molecule has 0 spiro atoms. The lowest BCUT2D eigenvalue weighted by Gasteiger charge is -2.23. The Morgan fingerprint density at radius 1 is 1.31 bits per heavy atom. The normalized spacial score (nSPS) is 11.4. The second-order valence-corrected chi connectivity index (χ2v) is 4.86. The van der Waals surface area contributed by atoms with Crippen LogP contribution in [-0.2, 0) is 5.54 Å². The maximum absolute atomic E-state index is 14.2. The second kappa shape index (κ2) is 4.59. The lowest BCUT2D eigenvalue weighted by atomic mass is 9.94. The highest BCUT2D eigenvalue weighted by Crippen LogP contribution is 2.40. The summed E-state index contributed by atoms with van der Waals surface area (Å²) in [4.78, 5) is 0. The zero-order chi connectivity index (χ0) is 12.5. The van der Waals surface area contributed by atoms with Crippen molar-refractivity contribution in [3.63, 3.8) is 0 Å². The van der Waals surface area contributed by atoms with Crippen molar-refractivity contribution in [1.82, 2.24) is 0 Å². The molecule has 0 unspecified atom stereocenters. The first-order valence-electron chi connectivity index (χ1n) is 4.72. The fourth-order valence-electron chi connectivity index (χ4n) is 1.51. The Balaban J connectivity index is 3.54. The first-order valence-corrected chi connectivity index (χ1v) is 5.51. The third-order valence-electron chi connectivity index (χ3n) is 2.21. The van der Waals surface area contributed by atoms with Crippen molar-refractivity contribution in [2.75, 3.05) is 14.2 Å². The maximum atomic E-state index is 14.2. The Hall–Kier alpha value is -0.810. The van der Waals surface area contributed by atoms with Gasteiger partial charge in [-0.25, -0.2) is 4.39 Å². The smallest absolute Gasteiger partial charge is 0.197 e. The van der Waals surface area contributed by atoms with Crippen LogP contribution < -0.4 is 15.2 Å². The molecule has 3 nitrogen and oxygen atoms in total. The van der Waals surface area contributed by atoms with Crippen LogP contribution >= 0.6 is 15.9 Å². The van der Waals surface area contributed by atoms with E-state index in [1.54, 1.807) is 19.9 Å². The molecule has 0 aromatic heterocycles. The highest BCUT2D eigenvalue weighted by Gasteiger charge is 2.27. The Kier molecular flexibility index (Phi) is 3.80. The Bertz CT molecular complexity index is 402. The second-order valence-electron chi connectivity index (χ2n) is 4.00. The molecule has 5 heteroatoms. The molecule has 0 atom stereocenters. The number of nitrogens with two attached hydrogens (primary N) is 1. The third-order valence-corrected chi connectivity index (χ3v) is 2.83. The van der Waals surface area contributed by atoms with E-state index in [-0.39, 0.29) is 5.75 Å². The molecule has 0 saturated heterocycles. The van der Waals surface area contributed by atoms with Gasteiger partial charge >= 0.3 is 0 Å². The summed E-state index contributed by atoms with van der Waals surface area (Å²) < 4.78 is 24.7. The van der Waals surface area contributed by atoms with Gasteiger partial charge in [0.2, 0.25) is 0 Å². The molecule has 90 valence electrons. The fourth-order valence-corrected chi connectivity index (χ4v) is 2.40. The number of ether oxygens (including phenoxy) is 2. The van der Waals surface area contributed by atoms with Crippen LogP contribution in [0.25, 0.3) is 0 Å². The van der Waals surface area contributed by atoms with Crippen molar-refractivity contribution in [1.29, 1.82) is 0 Å². The predicted molar refractivity (Wildman–Crippen MR) is 64.4 cm³/mol. The van der Waals surface area contributed by atoms with Crippen LogP contribution in [0.15, 0.2) is 10.5 Å². The summed E-state index contributed by atoms with van der Waals surface area (Å²) in [6, 6.07) is 1.64. The van der Waals surface area contributed by atoms with Gasteiger partial charge in [-0.15, -0.1) is 0 Å². The van der Waals surface area contributed by atoms with Crippen LogP contribution in [0, 0.1) is 5.82 Å². The molecule has 1 aromatic carbocycles. The molecule has 2 N–H and O–H groups in total. The van der Waals surface area contributed by atoms with Crippen molar-refractivity contribution in [3.8, 4) is 11.5 Å². The van der Waals surface area contributed by atoms with Gasteiger partial charge in [0.05, 0.1) is 14.2 Å². The molecule has 0 saturated carbocycles. The molecule has 16 heavy (non-hydrogen) atoms. The van der Waals surface area contributed by atoms with E-state index < -0.39 is 11.4 Å². The van der Waals surface area contributed by atoms with Crippen LogP contribution in [0.5, 0.6) is 11.5 Å². The minimum atomic E-state index is -0.803. The van der Waals surface area contributed by atoms with Crippen molar-refractivity contribution in [2.45, 2.75) is 19.4 Å². The average molecular weight is 292 g/mol. The summed E-state index contributed by atoms with van der Waals surface area (Å²) in [5.41, 5.74) is 5.47. The first-order chi connectivity index (χ1) is 7.32. The van der Waals surface area contributed by atoms with Gasteiger partial charge in [-0.3, -0.25) is 0 Å². The minimum Gasteiger partial charge on any atom is -0.493 e. The van der Waals surface area contributed by atoms with E-state index in [2.05, 4.69) is 15.9 Å². The summed E-state index contributed by atoms with van der Waals surface area (Å²) in [6.45, 7) is 3.45. The number of hydrogen-bond donors (Lipinski definition) is 1. The van der Waals surface area contributed by atoms with E-state index in [4.69, 9.17) is 15.2 Å². The first kappa shape index (κ1) is 13.3. The van der Waals surface area contributed by atoms with Gasteiger partial charge in [-0.05, 0) is 19.9 Å². The van der Waals surface area contributed by atoms with E-state index in [1.165, 1.54) is 14.2 Å². The van der Waals surface area contributed by atoms with Crippen LogP contribution in [0.4, 0.5) is 4.39 Å². The molecule has 0 aliphatic heterocycles. The van der Waals surface area contributed by atoms with Gasteiger partial charge in [0.15, 0.2) is 17.3 Å². The van der Waals surface area contributed by atoms with Crippen LogP contribution in [0.3, 0.4) is 0 Å². The molecule has 0 aliphatic rings. The highest BCUT2D eigenvalue weighted by atomic mass is 79.9. The Morgan fingerprint density at radius 3 is 2.25 bits per heavy atom. The molecule has 0 radical (unpaired) electrons. The summed E-state index contributed by atoms with van der Waals surface area (Å²) in [5.74, 6) is -0.0969. The van der Waals surface area contributed by atoms with E-state index in [0.717, 1.165) is 0 Å². The molecule has 0 aliphatic carbocycles. The number of rotatable bonds is 3. The van der Waals surface area contributed by atoms with Gasteiger partial charge < -0.3 is 15.2 Å². The van der Waals surface area contributed by atoms with Gasteiger partial charge in [-0.2, -0.15) is 0 Å². The van der Waals surface area contributed by atoms with Gasteiger partial charge in [-0.1, -0.05) is 15.9 Å². The zero-order valence-electron chi connectivity index (χ0n) is 9.73. The Morgan fingerprint density at radius 2 is 1.88 bits per heavy atom. The number of hydrogen-bond acceptors (Lipinski definition) is 3. The molecule has 1 rings (SSSR count). The fraction of sp³-hybridized carbons (Fsp3) is 0.455. The largest absolute Gasteiger partial charge is 0.493 e. The molecule has 0 amide bonds. The summed E-state index contributed by atoms with van der Waals surface area (Å²) in [7, 11) is 2.85. The lowest BCUT2D eigenvalue weighted by molar-refractivity contribution is 0.331. The van der Waals surface area contributed by atoms with Crippen LogP contribution in [0.2, 0.25) is 0 Å². The van der Waals surface area contributed by atoms with Crippen molar-refractivity contribution in [3.05, 3.63) is 21.9 Å². The molecule has 0 bridgehead atoms. The van der Waals surface area contributed by atoms with E-state index in [0.29, 0.717) is 15.8 Å². The van der Waals surface area contributed by atoms with Crippen molar-refractivity contribution in [2.24, 2.45) is 5.73 Å². The molecular weight excluding hydrogens is 277 g/mol. The molecule has 0 fully saturated rings. The quantitative estimate of drug-likeness (QED) is 0.931. The Labute approximate surface area is 103 Å². The lowest BCUT2D eigenvalue weighted by Crippen LogP contribution is -2.30. The van der Waals surface area contributed by atoms with Gasteiger partial charge in [0, 0.05) is 15.6 Å². The number of halogens is 2. The average Bonchev–Trinajstić information content (AvgIpc) is 2.14. The summed E-state index contributed by atoms with van der Waals surface area (Å²) in [6.07, 6.45) is 0. The predicted octanol–water partition coefficient (Wildman–Crippen LogP) is 2.80. The SMILES string of the molecule is COc1cc(Br)c(C(C)(C)N)c(F)c1OC. The number of methoxy groups -OCH3 is 2. The van der Waals surface area contributed by atoms with Crippen LogP contribution in [0.1, 0.15) is 19.4 Å². The summed E-state index contributed by atoms with van der Waals surface area (Å²) in [5, 5.41) is 0. The highest BCUT2D eigenvalue weighted by molar-refractivity contribution is 9.10. The zero-order valence-corrected chi connectivity index (χ0v) is 11.3. The molecular formula is C11H15BrFNO2. The van der Waals surface area contributed by atoms with Crippen LogP contribution in [-0.4, -0.2) is 14.2 Å². The van der Waals surface area contributed by atoms with E-state index in [1.807, 2.05) is 0 Å². The molecule has 0 heterocycles. The maximum Gasteiger partial charge on any atom is 0.197 e. The van der Waals surface area contributed by atoms with Crippen molar-refractivity contribution >= 4 is 15.9 Å². The van der Waals surface area contributed by atoms with E-state index >= 15 is 0 Å². The monoisotopic (exact) mass is 291 g/mol.